The summed E-state index contributed by atoms with van der Waals surface area (Å²) in [6.07, 6.45) is 2.87. The Morgan fingerprint density at radius 3 is 2.13 bits per heavy atom. The first-order valence-electron chi connectivity index (χ1n) is 4.78. The quantitative estimate of drug-likeness (QED) is 0.480. The number of nitrogens with zero attached hydrogens (tertiary/aromatic N) is 1. The molecule has 0 amide bonds. The van der Waals surface area contributed by atoms with E-state index in [0.29, 0.717) is 0 Å². The standard InChI is InChI=1S/C13H18FN/c1-7-12(14)8-13(9(2)3)10(4)11(5)15-6/h7-8H,2,6H2,1,3-5H3/b11-10-,12-7+,13-8+. The van der Waals surface area contributed by atoms with E-state index in [1.54, 1.807) is 6.92 Å². The van der Waals surface area contributed by atoms with Crippen molar-refractivity contribution in [2.75, 3.05) is 0 Å². The van der Waals surface area contributed by atoms with E-state index >= 15 is 0 Å². The van der Waals surface area contributed by atoms with E-state index in [1.807, 2.05) is 20.8 Å². The molecule has 1 nitrogen and oxygen atoms in total. The SMILES string of the molecule is C=N\C(C)=C(C)/C(=C/C(F)=C\C)C(=C)C. The van der Waals surface area contributed by atoms with Crippen LogP contribution in [0.3, 0.4) is 0 Å². The molecule has 0 atom stereocenters. The number of allylic oxidation sites excluding steroid dienone is 7. The molecule has 0 fully saturated rings. The molecule has 0 unspecified atom stereocenters. The van der Waals surface area contributed by atoms with Crippen LogP contribution in [0.2, 0.25) is 0 Å². The normalized spacial score (nSPS) is 14.7. The van der Waals surface area contributed by atoms with Crippen LogP contribution in [0.15, 0.2) is 52.0 Å². The van der Waals surface area contributed by atoms with E-state index in [1.165, 1.54) is 12.2 Å². The highest BCUT2D eigenvalue weighted by atomic mass is 19.1. The van der Waals surface area contributed by atoms with Crippen LogP contribution in [0.5, 0.6) is 0 Å². The van der Waals surface area contributed by atoms with E-state index in [9.17, 15) is 4.39 Å². The van der Waals surface area contributed by atoms with Gasteiger partial charge < -0.3 is 0 Å². The summed E-state index contributed by atoms with van der Waals surface area (Å²) in [6, 6.07) is 0. The van der Waals surface area contributed by atoms with Crippen molar-refractivity contribution in [3.8, 4) is 0 Å². The minimum absolute atomic E-state index is 0.274. The molecule has 2 heteroatoms. The molecule has 0 rings (SSSR count). The van der Waals surface area contributed by atoms with Gasteiger partial charge >= 0.3 is 0 Å². The minimum Gasteiger partial charge on any atom is -0.269 e. The maximum absolute atomic E-state index is 13.1. The van der Waals surface area contributed by atoms with Crippen LogP contribution in [-0.4, -0.2) is 6.72 Å². The predicted molar refractivity (Wildman–Crippen MR) is 65.7 cm³/mol. The molecule has 0 aromatic heterocycles. The van der Waals surface area contributed by atoms with Crippen molar-refractivity contribution in [3.05, 3.63) is 47.0 Å². The van der Waals surface area contributed by atoms with Crippen molar-refractivity contribution in [1.29, 1.82) is 0 Å². The van der Waals surface area contributed by atoms with Crippen LogP contribution >= 0.6 is 0 Å². The third-order valence-electron chi connectivity index (χ3n) is 2.20. The lowest BCUT2D eigenvalue weighted by Crippen LogP contribution is -1.91. The molecular weight excluding hydrogens is 189 g/mol. The first-order chi connectivity index (χ1) is 6.93. The molecule has 0 bridgehead atoms. The summed E-state index contributed by atoms with van der Waals surface area (Å²) in [6.45, 7) is 14.5. The van der Waals surface area contributed by atoms with Gasteiger partial charge in [-0.15, -0.1) is 0 Å². The Hall–Kier alpha value is -1.44. The summed E-state index contributed by atoms with van der Waals surface area (Å²) in [4.78, 5) is 3.83. The van der Waals surface area contributed by atoms with E-state index in [2.05, 4.69) is 18.3 Å². The lowest BCUT2D eigenvalue weighted by Gasteiger charge is -2.09. The van der Waals surface area contributed by atoms with Gasteiger partial charge in [-0.1, -0.05) is 18.2 Å². The Kier molecular flexibility index (Phi) is 5.53. The second kappa shape index (κ2) is 6.12. The maximum Gasteiger partial charge on any atom is 0.119 e. The fraction of sp³-hybridized carbons (Fsp3) is 0.308. The Morgan fingerprint density at radius 2 is 1.80 bits per heavy atom. The summed E-state index contributed by atoms with van der Waals surface area (Å²) in [5, 5.41) is 0. The highest BCUT2D eigenvalue weighted by Gasteiger charge is 2.05. The zero-order chi connectivity index (χ0) is 12.0. The zero-order valence-electron chi connectivity index (χ0n) is 9.89. The van der Waals surface area contributed by atoms with Crippen LogP contribution in [0.25, 0.3) is 0 Å². The predicted octanol–water partition coefficient (Wildman–Crippen LogP) is 4.36. The van der Waals surface area contributed by atoms with E-state index < -0.39 is 0 Å². The summed E-state index contributed by atoms with van der Waals surface area (Å²) >= 11 is 0. The first kappa shape index (κ1) is 13.6. The molecule has 0 aromatic carbocycles. The number of hydrogen-bond donors (Lipinski definition) is 0. The Balaban J connectivity index is 5.45. The summed E-state index contributed by atoms with van der Waals surface area (Å²) < 4.78 is 13.1. The van der Waals surface area contributed by atoms with Gasteiger partial charge in [0.15, 0.2) is 0 Å². The molecule has 15 heavy (non-hydrogen) atoms. The van der Waals surface area contributed by atoms with Crippen molar-refractivity contribution in [1.82, 2.24) is 0 Å². The number of rotatable bonds is 4. The van der Waals surface area contributed by atoms with Gasteiger partial charge in [0.2, 0.25) is 0 Å². The lowest BCUT2D eigenvalue weighted by atomic mass is 9.99. The second-order valence-electron chi connectivity index (χ2n) is 3.38. The Morgan fingerprint density at radius 1 is 1.27 bits per heavy atom. The molecular formula is C13H18FN. The van der Waals surface area contributed by atoms with Gasteiger partial charge in [0.1, 0.15) is 5.83 Å². The Labute approximate surface area is 91.4 Å². The third kappa shape index (κ3) is 4.07. The molecule has 0 spiro atoms. The van der Waals surface area contributed by atoms with Gasteiger partial charge in [0.25, 0.3) is 0 Å². The van der Waals surface area contributed by atoms with E-state index in [0.717, 1.165) is 22.4 Å². The fourth-order valence-electron chi connectivity index (χ4n) is 1.09. The molecule has 82 valence electrons. The van der Waals surface area contributed by atoms with Gasteiger partial charge in [-0.2, -0.15) is 0 Å². The average molecular weight is 207 g/mol. The van der Waals surface area contributed by atoms with Crippen LogP contribution in [0, 0.1) is 0 Å². The van der Waals surface area contributed by atoms with Crippen molar-refractivity contribution in [2.24, 2.45) is 4.99 Å². The average Bonchev–Trinajstić information content (AvgIpc) is 2.22. The van der Waals surface area contributed by atoms with Crippen molar-refractivity contribution in [2.45, 2.75) is 27.7 Å². The number of halogens is 1. The lowest BCUT2D eigenvalue weighted by molar-refractivity contribution is 0.663. The molecule has 0 radical (unpaired) electrons. The van der Waals surface area contributed by atoms with Gasteiger partial charge in [0, 0.05) is 5.70 Å². The minimum atomic E-state index is -0.274. The molecule has 0 aliphatic carbocycles. The van der Waals surface area contributed by atoms with E-state index in [-0.39, 0.29) is 5.83 Å². The molecule has 0 aromatic rings. The van der Waals surface area contributed by atoms with Crippen LogP contribution in [0.1, 0.15) is 27.7 Å². The number of hydrogen-bond acceptors (Lipinski definition) is 1. The molecule has 0 aliphatic heterocycles. The molecule has 0 N–H and O–H groups in total. The Bertz CT molecular complexity index is 357. The monoisotopic (exact) mass is 207 g/mol. The summed E-state index contributed by atoms with van der Waals surface area (Å²) in [7, 11) is 0. The van der Waals surface area contributed by atoms with Crippen LogP contribution < -0.4 is 0 Å². The van der Waals surface area contributed by atoms with Gasteiger partial charge in [0.05, 0.1) is 0 Å². The number of aliphatic imine (C=N–C) groups is 1. The van der Waals surface area contributed by atoms with Crippen LogP contribution in [0.4, 0.5) is 4.39 Å². The van der Waals surface area contributed by atoms with Crippen molar-refractivity contribution in [3.63, 3.8) is 0 Å². The van der Waals surface area contributed by atoms with E-state index in [4.69, 9.17) is 0 Å². The molecule has 0 heterocycles. The first-order valence-corrected chi connectivity index (χ1v) is 4.78. The van der Waals surface area contributed by atoms with Crippen molar-refractivity contribution >= 4 is 6.72 Å². The summed E-state index contributed by atoms with van der Waals surface area (Å²) in [5.41, 5.74) is 3.27. The molecule has 0 aliphatic rings. The van der Waals surface area contributed by atoms with Crippen LogP contribution in [-0.2, 0) is 0 Å². The van der Waals surface area contributed by atoms with Gasteiger partial charge in [-0.25, -0.2) is 4.39 Å². The molecule has 0 saturated carbocycles. The third-order valence-corrected chi connectivity index (χ3v) is 2.20. The summed E-state index contributed by atoms with van der Waals surface area (Å²) in [5.74, 6) is -0.274. The second-order valence-corrected chi connectivity index (χ2v) is 3.38. The largest absolute Gasteiger partial charge is 0.269 e. The highest BCUT2D eigenvalue weighted by molar-refractivity contribution is 5.49. The van der Waals surface area contributed by atoms with Crippen molar-refractivity contribution < 1.29 is 4.39 Å². The smallest absolute Gasteiger partial charge is 0.119 e. The van der Waals surface area contributed by atoms with Gasteiger partial charge in [-0.05, 0) is 51.6 Å². The zero-order valence-corrected chi connectivity index (χ0v) is 9.89. The van der Waals surface area contributed by atoms with Gasteiger partial charge in [-0.3, -0.25) is 4.99 Å². The maximum atomic E-state index is 13.1. The molecule has 0 saturated heterocycles. The topological polar surface area (TPSA) is 12.4 Å². The fourth-order valence-corrected chi connectivity index (χ4v) is 1.09. The highest BCUT2D eigenvalue weighted by Crippen LogP contribution is 2.23.